The molecule has 1 heterocycles. The maximum absolute atomic E-state index is 13.4. The van der Waals surface area contributed by atoms with Crippen molar-refractivity contribution < 1.29 is 29.4 Å². The number of para-hydroxylation sites is 1. The van der Waals surface area contributed by atoms with Gasteiger partial charge in [0.05, 0.1) is 12.6 Å². The van der Waals surface area contributed by atoms with E-state index in [1.54, 1.807) is 6.20 Å². The second-order valence-corrected chi connectivity index (χ2v) is 10.1. The summed E-state index contributed by atoms with van der Waals surface area (Å²) in [6.07, 6.45) is 2.56. The van der Waals surface area contributed by atoms with Gasteiger partial charge in [-0.25, -0.2) is 4.79 Å². The Labute approximate surface area is 216 Å². The van der Waals surface area contributed by atoms with Gasteiger partial charge in [-0.05, 0) is 36.3 Å². The number of H-pyrrole nitrogens is 1. The fourth-order valence-electron chi connectivity index (χ4n) is 4.06. The molecule has 0 radical (unpaired) electrons. The lowest BCUT2D eigenvalue weighted by Crippen LogP contribution is -2.58. The molecular weight excluding hydrogens is 478 g/mol. The zero-order valence-electron chi connectivity index (χ0n) is 21.8. The molecule has 0 aliphatic carbocycles. The molecule has 4 unspecified atom stereocenters. The number of aliphatic carboxylic acids is 1. The number of carbonyl (C=O) groups excluding carboxylic acids is 3. The van der Waals surface area contributed by atoms with E-state index in [1.807, 2.05) is 52.0 Å². The van der Waals surface area contributed by atoms with Crippen molar-refractivity contribution >= 4 is 34.6 Å². The molecular formula is C26H39N5O6. The zero-order valence-corrected chi connectivity index (χ0v) is 21.8. The number of rotatable bonds is 14. The van der Waals surface area contributed by atoms with Gasteiger partial charge in [-0.2, -0.15) is 0 Å². The summed E-state index contributed by atoms with van der Waals surface area (Å²) >= 11 is 0. The van der Waals surface area contributed by atoms with Crippen LogP contribution < -0.4 is 21.7 Å². The molecule has 2 rings (SSSR count). The molecule has 0 aliphatic heterocycles. The highest BCUT2D eigenvalue weighted by Gasteiger charge is 2.31. The number of aliphatic hydroxyl groups excluding tert-OH is 1. The number of benzene rings is 1. The number of carbonyl (C=O) groups is 4. The smallest absolute Gasteiger partial charge is 0.328 e. The molecule has 37 heavy (non-hydrogen) atoms. The summed E-state index contributed by atoms with van der Waals surface area (Å²) in [5.41, 5.74) is 7.72. The van der Waals surface area contributed by atoms with E-state index in [0.29, 0.717) is 6.42 Å². The summed E-state index contributed by atoms with van der Waals surface area (Å²) in [6.45, 7) is 6.79. The maximum atomic E-state index is 13.4. The van der Waals surface area contributed by atoms with E-state index in [2.05, 4.69) is 20.9 Å². The van der Waals surface area contributed by atoms with Crippen LogP contribution in [0.25, 0.3) is 10.9 Å². The van der Waals surface area contributed by atoms with Crippen molar-refractivity contribution in [2.75, 3.05) is 6.61 Å². The Hall–Kier alpha value is -3.44. The number of aromatic amines is 1. The molecule has 0 spiro atoms. The Morgan fingerprint density at radius 1 is 0.865 bits per heavy atom. The van der Waals surface area contributed by atoms with Crippen LogP contribution >= 0.6 is 0 Å². The molecule has 0 aliphatic rings. The number of aromatic nitrogens is 1. The fraction of sp³-hybridized carbons (Fsp3) is 0.538. The molecule has 2 aromatic rings. The predicted octanol–water partition coefficient (Wildman–Crippen LogP) is 0.661. The number of aliphatic hydroxyl groups is 1. The first kappa shape index (κ1) is 29.8. The van der Waals surface area contributed by atoms with Gasteiger partial charge in [-0.1, -0.05) is 45.9 Å². The summed E-state index contributed by atoms with van der Waals surface area (Å²) in [7, 11) is 0. The summed E-state index contributed by atoms with van der Waals surface area (Å²) in [6, 6.07) is 3.11. The lowest BCUT2D eigenvalue weighted by Gasteiger charge is -2.26. The maximum Gasteiger partial charge on any atom is 0.328 e. The highest BCUT2D eigenvalue weighted by atomic mass is 16.4. The van der Waals surface area contributed by atoms with Crippen LogP contribution in [0.2, 0.25) is 0 Å². The number of carboxylic acid groups (broad SMARTS) is 1. The normalized spacial score (nSPS) is 14.7. The molecule has 0 fully saturated rings. The summed E-state index contributed by atoms with van der Waals surface area (Å²) in [5.74, 6) is -3.06. The van der Waals surface area contributed by atoms with Crippen LogP contribution in [0.1, 0.15) is 46.1 Å². The Kier molecular flexibility index (Phi) is 11.1. The molecule has 1 aromatic carbocycles. The third kappa shape index (κ3) is 8.87. The SMILES string of the molecule is CC(C)CC(N)C(=O)NC(Cc1c[nH]c2ccccc12)C(=O)NC(CC(C)C)C(=O)NC(CO)C(=O)O. The monoisotopic (exact) mass is 517 g/mol. The minimum Gasteiger partial charge on any atom is -0.480 e. The fourth-order valence-corrected chi connectivity index (χ4v) is 4.06. The lowest BCUT2D eigenvalue weighted by atomic mass is 9.99. The van der Waals surface area contributed by atoms with Gasteiger partial charge in [-0.3, -0.25) is 14.4 Å². The van der Waals surface area contributed by atoms with E-state index in [-0.39, 0.29) is 24.7 Å². The quantitative estimate of drug-likeness (QED) is 0.192. The summed E-state index contributed by atoms with van der Waals surface area (Å²) in [4.78, 5) is 53.5. The van der Waals surface area contributed by atoms with Gasteiger partial charge in [0, 0.05) is 23.5 Å². The third-order valence-corrected chi connectivity index (χ3v) is 5.93. The molecule has 3 amide bonds. The first-order chi connectivity index (χ1) is 17.4. The van der Waals surface area contributed by atoms with Crippen molar-refractivity contribution in [3.63, 3.8) is 0 Å². The van der Waals surface area contributed by atoms with Crippen LogP contribution in [0.5, 0.6) is 0 Å². The number of nitrogens with two attached hydrogens (primary N) is 1. The van der Waals surface area contributed by atoms with E-state index in [0.717, 1.165) is 16.5 Å². The average Bonchev–Trinajstić information content (AvgIpc) is 3.23. The van der Waals surface area contributed by atoms with Gasteiger partial charge in [0.1, 0.15) is 18.1 Å². The van der Waals surface area contributed by atoms with Crippen LogP contribution in [0.3, 0.4) is 0 Å². The summed E-state index contributed by atoms with van der Waals surface area (Å²) < 4.78 is 0. The van der Waals surface area contributed by atoms with Gasteiger partial charge < -0.3 is 36.9 Å². The topological polar surface area (TPSA) is 187 Å². The molecule has 4 atom stereocenters. The van der Waals surface area contributed by atoms with Crippen molar-refractivity contribution in [2.45, 2.75) is 71.1 Å². The average molecular weight is 518 g/mol. The Balaban J connectivity index is 2.29. The summed E-state index contributed by atoms with van der Waals surface area (Å²) in [5, 5.41) is 27.0. The van der Waals surface area contributed by atoms with Crippen molar-refractivity contribution in [1.29, 1.82) is 0 Å². The van der Waals surface area contributed by atoms with E-state index in [9.17, 15) is 29.4 Å². The third-order valence-electron chi connectivity index (χ3n) is 5.93. The molecule has 8 N–H and O–H groups in total. The van der Waals surface area contributed by atoms with Crippen molar-refractivity contribution in [3.8, 4) is 0 Å². The van der Waals surface area contributed by atoms with Crippen molar-refractivity contribution in [3.05, 3.63) is 36.0 Å². The second-order valence-electron chi connectivity index (χ2n) is 10.1. The molecule has 11 heteroatoms. The first-order valence-electron chi connectivity index (χ1n) is 12.5. The molecule has 0 saturated heterocycles. The zero-order chi connectivity index (χ0) is 27.7. The van der Waals surface area contributed by atoms with Crippen molar-refractivity contribution in [2.24, 2.45) is 17.6 Å². The minimum atomic E-state index is -1.50. The number of hydrogen-bond acceptors (Lipinski definition) is 6. The van der Waals surface area contributed by atoms with E-state index in [1.165, 1.54) is 0 Å². The molecule has 0 bridgehead atoms. The first-order valence-corrected chi connectivity index (χ1v) is 12.5. The van der Waals surface area contributed by atoms with Gasteiger partial charge in [0.25, 0.3) is 0 Å². The number of nitrogens with one attached hydrogen (secondary N) is 4. The molecule has 11 nitrogen and oxygen atoms in total. The van der Waals surface area contributed by atoms with Gasteiger partial charge in [0.2, 0.25) is 17.7 Å². The van der Waals surface area contributed by atoms with Gasteiger partial charge >= 0.3 is 5.97 Å². The van der Waals surface area contributed by atoms with Crippen LogP contribution in [-0.2, 0) is 25.6 Å². The van der Waals surface area contributed by atoms with E-state index in [4.69, 9.17) is 5.73 Å². The molecule has 0 saturated carbocycles. The van der Waals surface area contributed by atoms with E-state index < -0.39 is 54.5 Å². The number of carboxylic acids is 1. The largest absolute Gasteiger partial charge is 0.480 e. The Morgan fingerprint density at radius 3 is 2.03 bits per heavy atom. The molecule has 1 aromatic heterocycles. The van der Waals surface area contributed by atoms with Gasteiger partial charge in [-0.15, -0.1) is 0 Å². The second kappa shape index (κ2) is 13.8. The number of hydrogen-bond donors (Lipinski definition) is 7. The standard InChI is InChI=1S/C26H39N5O6/c1-14(2)9-18(27)23(33)29-21(11-16-12-28-19-8-6-5-7-17(16)19)25(35)30-20(10-15(3)4)24(34)31-22(13-32)26(36)37/h5-8,12,14-15,18,20-22,28,32H,9-11,13,27H2,1-4H3,(H,29,33)(H,30,35)(H,31,34)(H,36,37). The highest BCUT2D eigenvalue weighted by Crippen LogP contribution is 2.19. The van der Waals surface area contributed by atoms with Crippen LogP contribution in [-0.4, -0.2) is 69.7 Å². The van der Waals surface area contributed by atoms with E-state index >= 15 is 0 Å². The number of amides is 3. The number of fused-ring (bicyclic) bond motifs is 1. The van der Waals surface area contributed by atoms with Gasteiger partial charge in [0.15, 0.2) is 0 Å². The van der Waals surface area contributed by atoms with Crippen LogP contribution in [0, 0.1) is 11.8 Å². The Morgan fingerprint density at radius 2 is 1.43 bits per heavy atom. The predicted molar refractivity (Wildman–Crippen MR) is 139 cm³/mol. The lowest BCUT2D eigenvalue weighted by molar-refractivity contribution is -0.143. The molecule has 204 valence electrons. The van der Waals surface area contributed by atoms with Crippen LogP contribution in [0.4, 0.5) is 0 Å². The Bertz CT molecular complexity index is 1080. The highest BCUT2D eigenvalue weighted by molar-refractivity contribution is 5.94. The minimum absolute atomic E-state index is 0.0189. The van der Waals surface area contributed by atoms with Crippen molar-refractivity contribution in [1.82, 2.24) is 20.9 Å². The van der Waals surface area contributed by atoms with Crippen LogP contribution in [0.15, 0.2) is 30.5 Å².